The number of nitrogens with zero attached hydrogens (tertiary/aromatic N) is 2. The molecule has 0 unspecified atom stereocenters. The van der Waals surface area contributed by atoms with Gasteiger partial charge < -0.3 is 9.72 Å². The molecule has 0 fully saturated rings. The zero-order chi connectivity index (χ0) is 13.0. The van der Waals surface area contributed by atoms with Crippen LogP contribution in [0.1, 0.15) is 11.1 Å². The van der Waals surface area contributed by atoms with E-state index in [-0.39, 0.29) is 5.56 Å². The van der Waals surface area contributed by atoms with Crippen LogP contribution in [0.15, 0.2) is 34.5 Å². The molecule has 0 amide bonds. The van der Waals surface area contributed by atoms with Gasteiger partial charge in [-0.15, -0.1) is 0 Å². The molecular formula is C12H13N3O2S. The van der Waals surface area contributed by atoms with Crippen LogP contribution in [0, 0.1) is 0 Å². The van der Waals surface area contributed by atoms with Crippen LogP contribution in [0.25, 0.3) is 0 Å². The third-order valence-corrected chi connectivity index (χ3v) is 3.04. The quantitative estimate of drug-likeness (QED) is 0.668. The van der Waals surface area contributed by atoms with Crippen molar-refractivity contribution in [2.45, 2.75) is 11.6 Å². The lowest BCUT2D eigenvalue weighted by molar-refractivity contribution is 0.397. The highest BCUT2D eigenvalue weighted by Gasteiger charge is 2.04. The number of nitrogens with one attached hydrogen (secondary N) is 1. The van der Waals surface area contributed by atoms with Gasteiger partial charge in [-0.2, -0.15) is 0 Å². The van der Waals surface area contributed by atoms with Crippen LogP contribution < -0.4 is 10.3 Å². The molecule has 2 aromatic heterocycles. The molecule has 0 saturated carbocycles. The summed E-state index contributed by atoms with van der Waals surface area (Å²) in [7, 11) is 1.57. The fourth-order valence-corrected chi connectivity index (χ4v) is 1.84. The minimum atomic E-state index is -0.106. The first kappa shape index (κ1) is 12.6. The van der Waals surface area contributed by atoms with Gasteiger partial charge in [0.25, 0.3) is 5.56 Å². The van der Waals surface area contributed by atoms with E-state index in [9.17, 15) is 4.79 Å². The smallest absolute Gasteiger partial charge is 0.255 e. The van der Waals surface area contributed by atoms with Crippen LogP contribution in [0.4, 0.5) is 0 Å². The summed E-state index contributed by atoms with van der Waals surface area (Å²) in [6, 6.07) is 3.65. The molecule has 1 N–H and O–H groups in total. The van der Waals surface area contributed by atoms with E-state index in [0.29, 0.717) is 23.0 Å². The molecule has 0 atom stereocenters. The third-order valence-electron chi connectivity index (χ3n) is 2.44. The summed E-state index contributed by atoms with van der Waals surface area (Å²) < 4.78 is 4.98. The van der Waals surface area contributed by atoms with Gasteiger partial charge >= 0.3 is 0 Å². The zero-order valence-corrected chi connectivity index (χ0v) is 11.0. The van der Waals surface area contributed by atoms with Gasteiger partial charge in [0, 0.05) is 30.4 Å². The Balaban J connectivity index is 2.20. The summed E-state index contributed by atoms with van der Waals surface area (Å²) in [5, 5.41) is 0.622. The summed E-state index contributed by atoms with van der Waals surface area (Å²) >= 11 is 1.41. The zero-order valence-electron chi connectivity index (χ0n) is 10.1. The number of pyridine rings is 1. The molecule has 18 heavy (non-hydrogen) atoms. The highest BCUT2D eigenvalue weighted by Crippen LogP contribution is 2.10. The standard InChI is InChI=1S/C12H13N3O2S/c1-17-10-4-3-8(6-13-10)5-9-7-14-12(18-2)15-11(9)16/h3-4,6-7H,5H2,1-2H3,(H,14,15,16). The molecule has 5 nitrogen and oxygen atoms in total. The molecule has 0 bridgehead atoms. The number of methoxy groups -OCH3 is 1. The van der Waals surface area contributed by atoms with Crippen LogP contribution in [0.2, 0.25) is 0 Å². The Bertz CT molecular complexity index is 581. The number of aromatic amines is 1. The second-order valence-electron chi connectivity index (χ2n) is 3.63. The summed E-state index contributed by atoms with van der Waals surface area (Å²) in [5.41, 5.74) is 1.46. The molecule has 0 aliphatic carbocycles. The van der Waals surface area contributed by atoms with Crippen LogP contribution in [-0.4, -0.2) is 28.3 Å². The van der Waals surface area contributed by atoms with Crippen LogP contribution in [0.3, 0.4) is 0 Å². The average Bonchev–Trinajstić information content (AvgIpc) is 2.42. The van der Waals surface area contributed by atoms with Gasteiger partial charge in [0.05, 0.1) is 7.11 Å². The largest absolute Gasteiger partial charge is 0.481 e. The minimum absolute atomic E-state index is 0.106. The van der Waals surface area contributed by atoms with Crippen LogP contribution >= 0.6 is 11.8 Å². The first-order valence-corrected chi connectivity index (χ1v) is 6.56. The topological polar surface area (TPSA) is 67.9 Å². The van der Waals surface area contributed by atoms with E-state index in [4.69, 9.17) is 4.74 Å². The Hall–Kier alpha value is -1.82. The van der Waals surface area contributed by atoms with Crippen molar-refractivity contribution in [1.82, 2.24) is 15.0 Å². The minimum Gasteiger partial charge on any atom is -0.481 e. The van der Waals surface area contributed by atoms with Crippen molar-refractivity contribution in [1.29, 1.82) is 0 Å². The Labute approximate surface area is 109 Å². The highest BCUT2D eigenvalue weighted by molar-refractivity contribution is 7.98. The van der Waals surface area contributed by atoms with E-state index in [1.165, 1.54) is 11.8 Å². The molecule has 0 saturated heterocycles. The Morgan fingerprint density at radius 3 is 2.72 bits per heavy atom. The van der Waals surface area contributed by atoms with Gasteiger partial charge in [0.15, 0.2) is 5.16 Å². The highest BCUT2D eigenvalue weighted by atomic mass is 32.2. The molecule has 0 aliphatic heterocycles. The number of hydrogen-bond acceptors (Lipinski definition) is 5. The first-order valence-electron chi connectivity index (χ1n) is 5.34. The molecule has 2 rings (SSSR count). The van der Waals surface area contributed by atoms with Crippen molar-refractivity contribution in [3.8, 4) is 5.88 Å². The number of thioether (sulfide) groups is 1. The molecule has 2 aromatic rings. The molecule has 0 aromatic carbocycles. The van der Waals surface area contributed by atoms with E-state index in [2.05, 4.69) is 15.0 Å². The van der Waals surface area contributed by atoms with Crippen molar-refractivity contribution in [3.05, 3.63) is 46.0 Å². The third kappa shape index (κ3) is 2.89. The van der Waals surface area contributed by atoms with Crippen molar-refractivity contribution in [2.24, 2.45) is 0 Å². The van der Waals surface area contributed by atoms with E-state index < -0.39 is 0 Å². The molecule has 0 spiro atoms. The lowest BCUT2D eigenvalue weighted by Crippen LogP contribution is -2.14. The lowest BCUT2D eigenvalue weighted by Gasteiger charge is -2.03. The second kappa shape index (κ2) is 5.68. The van der Waals surface area contributed by atoms with E-state index in [0.717, 1.165) is 5.56 Å². The normalized spacial score (nSPS) is 10.3. The maximum absolute atomic E-state index is 11.8. The maximum atomic E-state index is 11.8. The number of ether oxygens (including phenoxy) is 1. The van der Waals surface area contributed by atoms with Gasteiger partial charge in [0.2, 0.25) is 5.88 Å². The van der Waals surface area contributed by atoms with Crippen molar-refractivity contribution in [2.75, 3.05) is 13.4 Å². The molecule has 0 radical (unpaired) electrons. The molecular weight excluding hydrogens is 250 g/mol. The van der Waals surface area contributed by atoms with E-state index in [1.807, 2.05) is 12.3 Å². The SMILES string of the molecule is COc1ccc(Cc2cnc(SC)[nH]c2=O)cn1. The maximum Gasteiger partial charge on any atom is 0.255 e. The number of hydrogen-bond donors (Lipinski definition) is 1. The van der Waals surface area contributed by atoms with Crippen molar-refractivity contribution >= 4 is 11.8 Å². The molecule has 6 heteroatoms. The molecule has 94 valence electrons. The van der Waals surface area contributed by atoms with Crippen molar-refractivity contribution in [3.63, 3.8) is 0 Å². The van der Waals surface area contributed by atoms with Crippen LogP contribution in [-0.2, 0) is 6.42 Å². The summed E-state index contributed by atoms with van der Waals surface area (Å²) in [6.07, 6.45) is 5.68. The number of aromatic nitrogens is 3. The second-order valence-corrected chi connectivity index (χ2v) is 4.43. The summed E-state index contributed by atoms with van der Waals surface area (Å²) in [4.78, 5) is 22.7. The van der Waals surface area contributed by atoms with Gasteiger partial charge in [0.1, 0.15) is 0 Å². The summed E-state index contributed by atoms with van der Waals surface area (Å²) in [5.74, 6) is 0.559. The first-order chi connectivity index (χ1) is 8.72. The van der Waals surface area contributed by atoms with Gasteiger partial charge in [-0.3, -0.25) is 4.79 Å². The molecule has 0 aliphatic rings. The Morgan fingerprint density at radius 2 is 2.17 bits per heavy atom. The Kier molecular flexibility index (Phi) is 3.99. The number of H-pyrrole nitrogens is 1. The fourth-order valence-electron chi connectivity index (χ4n) is 1.49. The monoisotopic (exact) mass is 263 g/mol. The lowest BCUT2D eigenvalue weighted by atomic mass is 10.1. The van der Waals surface area contributed by atoms with E-state index in [1.54, 1.807) is 25.6 Å². The van der Waals surface area contributed by atoms with Gasteiger partial charge in [-0.1, -0.05) is 17.8 Å². The van der Waals surface area contributed by atoms with Gasteiger partial charge in [-0.25, -0.2) is 9.97 Å². The van der Waals surface area contributed by atoms with Gasteiger partial charge in [-0.05, 0) is 11.8 Å². The predicted molar refractivity (Wildman–Crippen MR) is 70.2 cm³/mol. The Morgan fingerprint density at radius 1 is 1.33 bits per heavy atom. The summed E-state index contributed by atoms with van der Waals surface area (Å²) in [6.45, 7) is 0. The fraction of sp³-hybridized carbons (Fsp3) is 0.250. The van der Waals surface area contributed by atoms with E-state index >= 15 is 0 Å². The van der Waals surface area contributed by atoms with Crippen LogP contribution in [0.5, 0.6) is 5.88 Å². The average molecular weight is 263 g/mol. The molecule has 2 heterocycles. The van der Waals surface area contributed by atoms with Crippen molar-refractivity contribution < 1.29 is 4.74 Å². The number of rotatable bonds is 4. The predicted octanol–water partition coefficient (Wildman–Crippen LogP) is 1.49.